The molecule has 2 aromatic carbocycles. The van der Waals surface area contributed by atoms with Crippen LogP contribution in [0.15, 0.2) is 48.5 Å². The van der Waals surface area contributed by atoms with Gasteiger partial charge in [0.1, 0.15) is 6.04 Å². The number of nitrogens with one attached hydrogen (secondary N) is 1. The Labute approximate surface area is 182 Å². The molecule has 0 aromatic heterocycles. The van der Waals surface area contributed by atoms with E-state index in [4.69, 9.17) is 4.74 Å². The van der Waals surface area contributed by atoms with Crippen LogP contribution in [0.4, 0.5) is 11.4 Å². The first-order valence-electron chi connectivity index (χ1n) is 10.7. The number of esters is 1. The minimum Gasteiger partial charge on any atom is -0.452 e. The summed E-state index contributed by atoms with van der Waals surface area (Å²) in [5.41, 5.74) is 2.85. The maximum atomic E-state index is 12.7. The Kier molecular flexibility index (Phi) is 5.93. The van der Waals surface area contributed by atoms with Crippen LogP contribution in [0.1, 0.15) is 42.6 Å². The standard InChI is InChI=1S/C24H27N3O4/c1-16(2)27(14-17-7-4-3-5-8-17)22(28)15-31-24(30)18-10-11-20-19(13-18)25-23(29)21-9-6-12-26(20)21/h3-5,7-8,10-11,13,16,21H,6,9,12,14-15H2,1-2H3,(H,25,29)/t21-/m0/s1. The Balaban J connectivity index is 1.41. The van der Waals surface area contributed by atoms with E-state index in [0.717, 1.165) is 30.6 Å². The Morgan fingerprint density at radius 3 is 2.71 bits per heavy atom. The Bertz CT molecular complexity index is 990. The molecular weight excluding hydrogens is 394 g/mol. The van der Waals surface area contributed by atoms with Crippen LogP contribution < -0.4 is 10.2 Å². The SMILES string of the molecule is CC(C)N(Cc1ccccc1)C(=O)COC(=O)c1ccc2c(c1)NC(=O)[C@@H]1CCCN21. The van der Waals surface area contributed by atoms with E-state index in [1.807, 2.05) is 50.2 Å². The zero-order valence-corrected chi connectivity index (χ0v) is 17.8. The topological polar surface area (TPSA) is 79.0 Å². The fourth-order valence-electron chi connectivity index (χ4n) is 4.19. The first kappa shape index (κ1) is 20.9. The summed E-state index contributed by atoms with van der Waals surface area (Å²) in [5.74, 6) is -0.880. The fourth-order valence-corrected chi connectivity index (χ4v) is 4.19. The summed E-state index contributed by atoms with van der Waals surface area (Å²) in [4.78, 5) is 41.4. The molecule has 162 valence electrons. The summed E-state index contributed by atoms with van der Waals surface area (Å²) in [5, 5.41) is 2.89. The van der Waals surface area contributed by atoms with Gasteiger partial charge in [-0.2, -0.15) is 0 Å². The van der Waals surface area contributed by atoms with Crippen molar-refractivity contribution in [2.45, 2.75) is 45.3 Å². The van der Waals surface area contributed by atoms with Crippen molar-refractivity contribution in [3.63, 3.8) is 0 Å². The molecule has 2 amide bonds. The number of rotatable bonds is 6. The number of ether oxygens (including phenoxy) is 1. The number of benzene rings is 2. The first-order valence-corrected chi connectivity index (χ1v) is 10.7. The number of anilines is 2. The van der Waals surface area contributed by atoms with Crippen molar-refractivity contribution in [3.8, 4) is 0 Å². The van der Waals surface area contributed by atoms with E-state index in [2.05, 4.69) is 10.2 Å². The van der Waals surface area contributed by atoms with Crippen LogP contribution in [0.3, 0.4) is 0 Å². The van der Waals surface area contributed by atoms with Gasteiger partial charge in [-0.05, 0) is 50.5 Å². The van der Waals surface area contributed by atoms with Crippen molar-refractivity contribution < 1.29 is 19.1 Å². The summed E-state index contributed by atoms with van der Waals surface area (Å²) in [6.45, 7) is 4.81. The molecule has 2 aliphatic rings. The average molecular weight is 421 g/mol. The second-order valence-corrected chi connectivity index (χ2v) is 8.25. The minimum atomic E-state index is -0.586. The lowest BCUT2D eigenvalue weighted by molar-refractivity contribution is -0.137. The molecule has 1 N–H and O–H groups in total. The number of fused-ring (bicyclic) bond motifs is 3. The van der Waals surface area contributed by atoms with Gasteiger partial charge in [-0.3, -0.25) is 9.59 Å². The summed E-state index contributed by atoms with van der Waals surface area (Å²) >= 11 is 0. The summed E-state index contributed by atoms with van der Waals surface area (Å²) in [6, 6.07) is 14.7. The number of amides is 2. The summed E-state index contributed by atoms with van der Waals surface area (Å²) in [7, 11) is 0. The van der Waals surface area contributed by atoms with Crippen LogP contribution in [-0.2, 0) is 20.9 Å². The lowest BCUT2D eigenvalue weighted by Crippen LogP contribution is -2.43. The maximum Gasteiger partial charge on any atom is 0.338 e. The molecule has 31 heavy (non-hydrogen) atoms. The minimum absolute atomic E-state index is 0.0289. The van der Waals surface area contributed by atoms with Gasteiger partial charge in [0, 0.05) is 19.1 Å². The molecule has 7 heteroatoms. The number of carbonyl (C=O) groups excluding carboxylic acids is 3. The molecule has 0 unspecified atom stereocenters. The smallest absolute Gasteiger partial charge is 0.338 e. The Morgan fingerprint density at radius 1 is 1.19 bits per heavy atom. The quantitative estimate of drug-likeness (QED) is 0.725. The number of carbonyl (C=O) groups is 3. The molecule has 1 saturated heterocycles. The number of hydrogen-bond donors (Lipinski definition) is 1. The van der Waals surface area contributed by atoms with Gasteiger partial charge < -0.3 is 19.9 Å². The highest BCUT2D eigenvalue weighted by molar-refractivity contribution is 6.05. The van der Waals surface area contributed by atoms with Crippen molar-refractivity contribution in [1.29, 1.82) is 0 Å². The highest BCUT2D eigenvalue weighted by Gasteiger charge is 2.36. The Hall–Kier alpha value is -3.35. The second kappa shape index (κ2) is 8.79. The average Bonchev–Trinajstić information content (AvgIpc) is 3.27. The Morgan fingerprint density at radius 2 is 1.97 bits per heavy atom. The largest absolute Gasteiger partial charge is 0.452 e. The molecule has 1 fully saturated rings. The predicted molar refractivity (Wildman–Crippen MR) is 118 cm³/mol. The van der Waals surface area contributed by atoms with Crippen molar-refractivity contribution in [2.24, 2.45) is 0 Å². The van der Waals surface area contributed by atoms with Gasteiger partial charge >= 0.3 is 5.97 Å². The maximum absolute atomic E-state index is 12.7. The molecule has 1 atom stereocenters. The lowest BCUT2D eigenvalue weighted by Gasteiger charge is -2.33. The molecule has 2 aromatic rings. The third kappa shape index (κ3) is 4.40. The van der Waals surface area contributed by atoms with Crippen molar-refractivity contribution in [2.75, 3.05) is 23.4 Å². The zero-order chi connectivity index (χ0) is 22.0. The molecule has 0 spiro atoms. The van der Waals surface area contributed by atoms with E-state index in [9.17, 15) is 14.4 Å². The van der Waals surface area contributed by atoms with Crippen LogP contribution >= 0.6 is 0 Å². The molecule has 0 aliphatic carbocycles. The second-order valence-electron chi connectivity index (χ2n) is 8.25. The van der Waals surface area contributed by atoms with Crippen LogP contribution in [0.25, 0.3) is 0 Å². The molecule has 0 radical (unpaired) electrons. The van der Waals surface area contributed by atoms with E-state index >= 15 is 0 Å². The van der Waals surface area contributed by atoms with Crippen LogP contribution in [0.5, 0.6) is 0 Å². The monoisotopic (exact) mass is 421 g/mol. The number of hydrogen-bond acceptors (Lipinski definition) is 5. The van der Waals surface area contributed by atoms with Crippen LogP contribution in [0, 0.1) is 0 Å². The number of nitrogens with zero attached hydrogens (tertiary/aromatic N) is 2. The van der Waals surface area contributed by atoms with Crippen molar-refractivity contribution >= 4 is 29.2 Å². The van der Waals surface area contributed by atoms with E-state index in [-0.39, 0.29) is 30.5 Å². The molecule has 2 heterocycles. The molecule has 7 nitrogen and oxygen atoms in total. The van der Waals surface area contributed by atoms with Gasteiger partial charge in [0.2, 0.25) is 5.91 Å². The zero-order valence-electron chi connectivity index (χ0n) is 17.8. The third-order valence-corrected chi connectivity index (χ3v) is 5.82. The molecule has 2 aliphatic heterocycles. The molecule has 0 saturated carbocycles. The van der Waals surface area contributed by atoms with E-state index in [1.165, 1.54) is 0 Å². The highest BCUT2D eigenvalue weighted by atomic mass is 16.5. The lowest BCUT2D eigenvalue weighted by atomic mass is 10.1. The predicted octanol–water partition coefficient (Wildman–Crippen LogP) is 3.20. The van der Waals surface area contributed by atoms with Gasteiger partial charge in [-0.15, -0.1) is 0 Å². The van der Waals surface area contributed by atoms with E-state index < -0.39 is 5.97 Å². The highest BCUT2D eigenvalue weighted by Crippen LogP contribution is 2.37. The van der Waals surface area contributed by atoms with Gasteiger partial charge in [0.15, 0.2) is 6.61 Å². The van der Waals surface area contributed by atoms with E-state index in [1.54, 1.807) is 17.0 Å². The fraction of sp³-hybridized carbons (Fsp3) is 0.375. The van der Waals surface area contributed by atoms with Crippen LogP contribution in [0.2, 0.25) is 0 Å². The van der Waals surface area contributed by atoms with Gasteiger partial charge in [-0.1, -0.05) is 30.3 Å². The van der Waals surface area contributed by atoms with Crippen molar-refractivity contribution in [1.82, 2.24) is 4.90 Å². The first-order chi connectivity index (χ1) is 14.9. The van der Waals surface area contributed by atoms with Crippen molar-refractivity contribution in [3.05, 3.63) is 59.7 Å². The summed E-state index contributed by atoms with van der Waals surface area (Å²) in [6.07, 6.45) is 1.81. The van der Waals surface area contributed by atoms with Gasteiger partial charge in [-0.25, -0.2) is 4.79 Å². The van der Waals surface area contributed by atoms with Gasteiger partial charge in [0.05, 0.1) is 16.9 Å². The van der Waals surface area contributed by atoms with Gasteiger partial charge in [0.25, 0.3) is 5.91 Å². The third-order valence-electron chi connectivity index (χ3n) is 5.82. The molecule has 4 rings (SSSR count). The van der Waals surface area contributed by atoms with Crippen LogP contribution in [-0.4, -0.2) is 47.9 Å². The molecule has 0 bridgehead atoms. The molecular formula is C24H27N3O4. The summed E-state index contributed by atoms with van der Waals surface area (Å²) < 4.78 is 5.31. The van der Waals surface area contributed by atoms with E-state index in [0.29, 0.717) is 17.8 Å². The normalized spacial score (nSPS) is 17.1.